The van der Waals surface area contributed by atoms with Crippen LogP contribution in [-0.2, 0) is 11.0 Å². The standard InChI is InChI=1S/C14H16ClF3N2O/c15-12-4-3-10(7-11(12)14(16,17)18)20-13(21)6-9-2-1-5-19-8-9/h3-4,7,9,19H,1-2,5-6,8H2,(H,20,21). The van der Waals surface area contributed by atoms with Gasteiger partial charge in [0.25, 0.3) is 0 Å². The summed E-state index contributed by atoms with van der Waals surface area (Å²) in [6.45, 7) is 1.71. The number of hydrogen-bond acceptors (Lipinski definition) is 2. The summed E-state index contributed by atoms with van der Waals surface area (Å²) in [5, 5.41) is 5.32. The van der Waals surface area contributed by atoms with E-state index in [0.29, 0.717) is 6.42 Å². The second-order valence-electron chi connectivity index (χ2n) is 5.16. The van der Waals surface area contributed by atoms with Crippen LogP contribution in [0, 0.1) is 5.92 Å². The summed E-state index contributed by atoms with van der Waals surface area (Å²) in [7, 11) is 0. The first-order valence-corrected chi connectivity index (χ1v) is 7.11. The molecule has 21 heavy (non-hydrogen) atoms. The fourth-order valence-corrected chi connectivity index (χ4v) is 2.62. The van der Waals surface area contributed by atoms with E-state index in [4.69, 9.17) is 11.6 Å². The number of alkyl halides is 3. The molecule has 116 valence electrons. The van der Waals surface area contributed by atoms with E-state index < -0.39 is 11.7 Å². The molecule has 2 N–H and O–H groups in total. The molecule has 1 fully saturated rings. The third-order valence-electron chi connectivity index (χ3n) is 3.43. The van der Waals surface area contributed by atoms with Gasteiger partial charge in [0.05, 0.1) is 10.6 Å². The summed E-state index contributed by atoms with van der Waals surface area (Å²) in [5.41, 5.74) is -0.832. The van der Waals surface area contributed by atoms with Gasteiger partial charge in [0.15, 0.2) is 0 Å². The van der Waals surface area contributed by atoms with Crippen LogP contribution < -0.4 is 10.6 Å². The number of carbonyl (C=O) groups is 1. The number of amides is 1. The van der Waals surface area contributed by atoms with Crippen molar-refractivity contribution in [2.75, 3.05) is 18.4 Å². The van der Waals surface area contributed by atoms with Crippen LogP contribution in [0.15, 0.2) is 18.2 Å². The van der Waals surface area contributed by atoms with Gasteiger partial charge in [-0.25, -0.2) is 0 Å². The fourth-order valence-electron chi connectivity index (χ4n) is 2.39. The normalized spacial score (nSPS) is 19.3. The summed E-state index contributed by atoms with van der Waals surface area (Å²) in [5.74, 6) is -0.0488. The van der Waals surface area contributed by atoms with E-state index in [1.807, 2.05) is 0 Å². The molecule has 3 nitrogen and oxygen atoms in total. The van der Waals surface area contributed by atoms with Gasteiger partial charge in [-0.15, -0.1) is 0 Å². The molecule has 1 heterocycles. The van der Waals surface area contributed by atoms with Crippen LogP contribution >= 0.6 is 11.6 Å². The van der Waals surface area contributed by atoms with Gasteiger partial charge in [-0.1, -0.05) is 11.6 Å². The summed E-state index contributed by atoms with van der Waals surface area (Å²) < 4.78 is 38.2. The predicted octanol–water partition coefficient (Wildman–Crippen LogP) is 3.69. The Hall–Kier alpha value is -1.27. The quantitative estimate of drug-likeness (QED) is 0.892. The molecule has 1 aromatic carbocycles. The van der Waals surface area contributed by atoms with Crippen molar-refractivity contribution < 1.29 is 18.0 Å². The SMILES string of the molecule is O=C(CC1CCCNC1)Nc1ccc(Cl)c(C(F)(F)F)c1. The molecule has 0 radical (unpaired) electrons. The molecule has 1 aliphatic rings. The summed E-state index contributed by atoms with van der Waals surface area (Å²) in [6, 6.07) is 3.37. The Kier molecular flexibility index (Phi) is 5.11. The second-order valence-corrected chi connectivity index (χ2v) is 5.56. The third-order valence-corrected chi connectivity index (χ3v) is 3.76. The molecular weight excluding hydrogens is 305 g/mol. The molecule has 1 saturated heterocycles. The van der Waals surface area contributed by atoms with Crippen molar-refractivity contribution in [3.05, 3.63) is 28.8 Å². The highest BCUT2D eigenvalue weighted by molar-refractivity contribution is 6.31. The van der Waals surface area contributed by atoms with Crippen LogP contribution in [0.4, 0.5) is 18.9 Å². The second kappa shape index (κ2) is 6.66. The van der Waals surface area contributed by atoms with Crippen LogP contribution in [0.1, 0.15) is 24.8 Å². The molecule has 1 aliphatic heterocycles. The van der Waals surface area contributed by atoms with Gasteiger partial charge >= 0.3 is 6.18 Å². The largest absolute Gasteiger partial charge is 0.417 e. The molecule has 1 aromatic rings. The molecule has 0 aromatic heterocycles. The van der Waals surface area contributed by atoms with Crippen LogP contribution in [0.25, 0.3) is 0 Å². The van der Waals surface area contributed by atoms with Crippen molar-refractivity contribution in [3.8, 4) is 0 Å². The lowest BCUT2D eigenvalue weighted by Gasteiger charge is -2.22. The van der Waals surface area contributed by atoms with E-state index in [0.717, 1.165) is 38.1 Å². The fraction of sp³-hybridized carbons (Fsp3) is 0.500. The minimum Gasteiger partial charge on any atom is -0.326 e. The summed E-state index contributed by atoms with van der Waals surface area (Å²) in [4.78, 5) is 11.9. The van der Waals surface area contributed by atoms with Crippen molar-refractivity contribution in [2.45, 2.75) is 25.4 Å². The third kappa shape index (κ3) is 4.61. The molecule has 0 aliphatic carbocycles. The Labute approximate surface area is 125 Å². The van der Waals surface area contributed by atoms with E-state index >= 15 is 0 Å². The van der Waals surface area contributed by atoms with Gasteiger partial charge in [-0.2, -0.15) is 13.2 Å². The van der Waals surface area contributed by atoms with E-state index in [9.17, 15) is 18.0 Å². The number of nitrogens with one attached hydrogen (secondary N) is 2. The first-order valence-electron chi connectivity index (χ1n) is 6.73. The van der Waals surface area contributed by atoms with Crippen molar-refractivity contribution in [1.82, 2.24) is 5.32 Å². The van der Waals surface area contributed by atoms with Gasteiger partial charge in [0.2, 0.25) is 5.91 Å². The Bertz CT molecular complexity index is 513. The van der Waals surface area contributed by atoms with Crippen LogP contribution in [0.2, 0.25) is 5.02 Å². The number of carbonyl (C=O) groups excluding carboxylic acids is 1. The zero-order valence-corrected chi connectivity index (χ0v) is 12.0. The van der Waals surface area contributed by atoms with Gasteiger partial charge in [-0.05, 0) is 50.0 Å². The molecule has 0 saturated carbocycles. The number of hydrogen-bond donors (Lipinski definition) is 2. The van der Waals surface area contributed by atoms with E-state index in [-0.39, 0.29) is 22.5 Å². The summed E-state index contributed by atoms with van der Waals surface area (Å²) in [6.07, 6.45) is -2.27. The van der Waals surface area contributed by atoms with Crippen molar-refractivity contribution >= 4 is 23.2 Å². The van der Waals surface area contributed by atoms with Crippen LogP contribution in [-0.4, -0.2) is 19.0 Å². The van der Waals surface area contributed by atoms with Crippen LogP contribution in [0.5, 0.6) is 0 Å². The average Bonchev–Trinajstić information content (AvgIpc) is 2.41. The molecule has 7 heteroatoms. The Morgan fingerprint density at radius 1 is 1.43 bits per heavy atom. The highest BCUT2D eigenvalue weighted by Gasteiger charge is 2.33. The molecule has 0 spiro atoms. The maximum Gasteiger partial charge on any atom is 0.417 e. The van der Waals surface area contributed by atoms with Crippen molar-refractivity contribution in [2.24, 2.45) is 5.92 Å². The Morgan fingerprint density at radius 2 is 2.19 bits per heavy atom. The maximum atomic E-state index is 12.7. The zero-order valence-electron chi connectivity index (χ0n) is 11.3. The monoisotopic (exact) mass is 320 g/mol. The lowest BCUT2D eigenvalue weighted by atomic mass is 9.96. The molecular formula is C14H16ClF3N2O. The van der Waals surface area contributed by atoms with Gasteiger partial charge in [0, 0.05) is 12.1 Å². The zero-order chi connectivity index (χ0) is 15.5. The average molecular weight is 321 g/mol. The number of anilines is 1. The highest BCUT2D eigenvalue weighted by atomic mass is 35.5. The number of rotatable bonds is 3. The number of benzene rings is 1. The highest BCUT2D eigenvalue weighted by Crippen LogP contribution is 2.36. The molecule has 0 bridgehead atoms. The van der Waals surface area contributed by atoms with E-state index in [2.05, 4.69) is 10.6 Å². The first-order chi connectivity index (χ1) is 9.86. The van der Waals surface area contributed by atoms with E-state index in [1.54, 1.807) is 0 Å². The Morgan fingerprint density at radius 3 is 2.81 bits per heavy atom. The lowest BCUT2D eigenvalue weighted by molar-refractivity contribution is -0.137. The van der Waals surface area contributed by atoms with Gasteiger partial charge in [0.1, 0.15) is 0 Å². The predicted molar refractivity (Wildman–Crippen MR) is 75.3 cm³/mol. The van der Waals surface area contributed by atoms with Gasteiger partial charge < -0.3 is 10.6 Å². The van der Waals surface area contributed by atoms with Crippen molar-refractivity contribution in [3.63, 3.8) is 0 Å². The number of piperidine rings is 1. The minimum absolute atomic E-state index is 0.112. The first kappa shape index (κ1) is 16.1. The molecule has 1 unspecified atom stereocenters. The topological polar surface area (TPSA) is 41.1 Å². The molecule has 1 atom stereocenters. The van der Waals surface area contributed by atoms with Crippen LogP contribution in [0.3, 0.4) is 0 Å². The molecule has 1 amide bonds. The van der Waals surface area contributed by atoms with E-state index in [1.165, 1.54) is 6.07 Å². The lowest BCUT2D eigenvalue weighted by Crippen LogP contribution is -2.32. The Balaban J connectivity index is 2.00. The number of halogens is 4. The molecule has 2 rings (SSSR count). The smallest absolute Gasteiger partial charge is 0.326 e. The van der Waals surface area contributed by atoms with Crippen molar-refractivity contribution in [1.29, 1.82) is 0 Å². The minimum atomic E-state index is -4.54. The summed E-state index contributed by atoms with van der Waals surface area (Å²) >= 11 is 5.53. The van der Waals surface area contributed by atoms with Gasteiger partial charge in [-0.3, -0.25) is 4.79 Å². The maximum absolute atomic E-state index is 12.7.